The molecule has 106 valence electrons. The highest BCUT2D eigenvalue weighted by Gasteiger charge is 2.03. The van der Waals surface area contributed by atoms with Gasteiger partial charge in [-0.3, -0.25) is 0 Å². The Bertz CT molecular complexity index is 719. The monoisotopic (exact) mass is 299 g/mol. The van der Waals surface area contributed by atoms with E-state index in [0.717, 1.165) is 27.6 Å². The van der Waals surface area contributed by atoms with E-state index in [1.54, 1.807) is 23.5 Å². The Morgan fingerprint density at radius 1 is 1.05 bits per heavy atom. The van der Waals surface area contributed by atoms with Crippen LogP contribution in [0.2, 0.25) is 0 Å². The number of nitrogens with zero attached hydrogens (tertiary/aromatic N) is 1. The summed E-state index contributed by atoms with van der Waals surface area (Å²) >= 11 is 1.64. The second-order valence-electron chi connectivity index (χ2n) is 4.69. The van der Waals surface area contributed by atoms with Gasteiger partial charge in [-0.25, -0.2) is 9.37 Å². The number of ether oxygens (including phenoxy) is 1. The molecule has 2 nitrogen and oxygen atoms in total. The van der Waals surface area contributed by atoms with Crippen molar-refractivity contribution in [3.8, 4) is 17.0 Å². The predicted octanol–water partition coefficient (Wildman–Crippen LogP) is 4.84. The zero-order valence-electron chi connectivity index (χ0n) is 11.5. The molecule has 1 aromatic heterocycles. The fourth-order valence-corrected chi connectivity index (χ4v) is 2.59. The molecule has 0 amide bonds. The molecule has 0 aliphatic heterocycles. The molecule has 0 unspecified atom stereocenters. The van der Waals surface area contributed by atoms with Crippen LogP contribution in [0.25, 0.3) is 11.3 Å². The van der Waals surface area contributed by atoms with Crippen molar-refractivity contribution in [1.82, 2.24) is 4.98 Å². The van der Waals surface area contributed by atoms with Crippen LogP contribution >= 0.6 is 11.3 Å². The van der Waals surface area contributed by atoms with E-state index >= 15 is 0 Å². The van der Waals surface area contributed by atoms with Crippen LogP contribution in [0.1, 0.15) is 10.6 Å². The molecule has 21 heavy (non-hydrogen) atoms. The average molecular weight is 299 g/mol. The first kappa shape index (κ1) is 13.8. The standard InChI is InChI=1S/C17H14FNOS/c1-12-19-17(11-21-12)14-4-8-16(9-5-14)20-10-13-2-6-15(18)7-3-13/h2-9,11H,10H2,1H3. The van der Waals surface area contributed by atoms with Crippen molar-refractivity contribution in [2.45, 2.75) is 13.5 Å². The second kappa shape index (κ2) is 6.06. The number of hydrogen-bond acceptors (Lipinski definition) is 3. The Morgan fingerprint density at radius 3 is 2.38 bits per heavy atom. The topological polar surface area (TPSA) is 22.1 Å². The van der Waals surface area contributed by atoms with E-state index in [1.807, 2.05) is 36.6 Å². The molecular weight excluding hydrogens is 285 g/mol. The summed E-state index contributed by atoms with van der Waals surface area (Å²) in [5.41, 5.74) is 3.01. The molecule has 0 N–H and O–H groups in total. The van der Waals surface area contributed by atoms with Gasteiger partial charge in [-0.15, -0.1) is 11.3 Å². The minimum atomic E-state index is -0.235. The van der Waals surface area contributed by atoms with Gasteiger partial charge in [-0.05, 0) is 48.9 Å². The number of halogens is 1. The highest BCUT2D eigenvalue weighted by Crippen LogP contribution is 2.24. The van der Waals surface area contributed by atoms with E-state index in [4.69, 9.17) is 4.74 Å². The molecule has 3 aromatic rings. The molecule has 0 saturated carbocycles. The Balaban J connectivity index is 1.65. The van der Waals surface area contributed by atoms with Gasteiger partial charge in [0.15, 0.2) is 0 Å². The molecule has 0 bridgehead atoms. The first-order chi connectivity index (χ1) is 10.2. The quantitative estimate of drug-likeness (QED) is 0.688. The fourth-order valence-electron chi connectivity index (χ4n) is 1.97. The van der Waals surface area contributed by atoms with Gasteiger partial charge in [0.25, 0.3) is 0 Å². The number of benzene rings is 2. The van der Waals surface area contributed by atoms with Crippen LogP contribution in [0, 0.1) is 12.7 Å². The lowest BCUT2D eigenvalue weighted by molar-refractivity contribution is 0.306. The number of thiazole rings is 1. The Morgan fingerprint density at radius 2 is 1.76 bits per heavy atom. The van der Waals surface area contributed by atoms with E-state index in [2.05, 4.69) is 4.98 Å². The van der Waals surface area contributed by atoms with Crippen molar-refractivity contribution in [1.29, 1.82) is 0 Å². The molecule has 4 heteroatoms. The maximum atomic E-state index is 12.8. The van der Waals surface area contributed by atoms with Gasteiger partial charge in [0.05, 0.1) is 10.7 Å². The van der Waals surface area contributed by atoms with Gasteiger partial charge in [0.2, 0.25) is 0 Å². The van der Waals surface area contributed by atoms with Crippen LogP contribution < -0.4 is 4.74 Å². The zero-order valence-corrected chi connectivity index (χ0v) is 12.4. The largest absolute Gasteiger partial charge is 0.489 e. The first-order valence-corrected chi connectivity index (χ1v) is 7.48. The maximum absolute atomic E-state index is 12.8. The van der Waals surface area contributed by atoms with Crippen molar-refractivity contribution < 1.29 is 9.13 Å². The Kier molecular flexibility index (Phi) is 3.97. The van der Waals surface area contributed by atoms with Gasteiger partial charge >= 0.3 is 0 Å². The van der Waals surface area contributed by atoms with Crippen LogP contribution in [0.3, 0.4) is 0 Å². The van der Waals surface area contributed by atoms with Crippen molar-refractivity contribution >= 4 is 11.3 Å². The molecule has 0 radical (unpaired) electrons. The van der Waals surface area contributed by atoms with Crippen molar-refractivity contribution in [3.05, 3.63) is 70.3 Å². The first-order valence-electron chi connectivity index (χ1n) is 6.60. The molecule has 1 heterocycles. The van der Waals surface area contributed by atoms with Crippen LogP contribution in [-0.2, 0) is 6.61 Å². The molecule has 0 aliphatic carbocycles. The number of hydrogen-bond donors (Lipinski definition) is 0. The van der Waals surface area contributed by atoms with E-state index in [-0.39, 0.29) is 5.82 Å². The third-order valence-corrected chi connectivity index (χ3v) is 3.86. The van der Waals surface area contributed by atoms with Gasteiger partial charge in [0, 0.05) is 10.9 Å². The van der Waals surface area contributed by atoms with Crippen molar-refractivity contribution in [2.75, 3.05) is 0 Å². The summed E-state index contributed by atoms with van der Waals surface area (Å²) < 4.78 is 18.5. The zero-order chi connectivity index (χ0) is 14.7. The van der Waals surface area contributed by atoms with Crippen molar-refractivity contribution in [2.24, 2.45) is 0 Å². The van der Waals surface area contributed by atoms with Gasteiger partial charge in [-0.1, -0.05) is 12.1 Å². The van der Waals surface area contributed by atoms with Crippen LogP contribution in [0.5, 0.6) is 5.75 Å². The average Bonchev–Trinajstić information content (AvgIpc) is 2.94. The minimum Gasteiger partial charge on any atom is -0.489 e. The molecule has 0 spiro atoms. The molecule has 0 fully saturated rings. The second-order valence-corrected chi connectivity index (χ2v) is 5.75. The maximum Gasteiger partial charge on any atom is 0.123 e. The summed E-state index contributed by atoms with van der Waals surface area (Å²) in [6.45, 7) is 2.42. The lowest BCUT2D eigenvalue weighted by Gasteiger charge is -2.07. The summed E-state index contributed by atoms with van der Waals surface area (Å²) in [7, 11) is 0. The summed E-state index contributed by atoms with van der Waals surface area (Å²) in [6.07, 6.45) is 0. The highest BCUT2D eigenvalue weighted by atomic mass is 32.1. The van der Waals surface area contributed by atoms with Crippen LogP contribution in [0.15, 0.2) is 53.9 Å². The smallest absolute Gasteiger partial charge is 0.123 e. The van der Waals surface area contributed by atoms with Crippen molar-refractivity contribution in [3.63, 3.8) is 0 Å². The van der Waals surface area contributed by atoms with E-state index in [0.29, 0.717) is 6.61 Å². The lowest BCUT2D eigenvalue weighted by atomic mass is 10.2. The Labute approximate surface area is 126 Å². The van der Waals surface area contributed by atoms with Gasteiger partial charge < -0.3 is 4.74 Å². The minimum absolute atomic E-state index is 0.235. The number of rotatable bonds is 4. The molecule has 0 aliphatic rings. The Hall–Kier alpha value is -2.20. The van der Waals surface area contributed by atoms with Crippen LogP contribution in [-0.4, -0.2) is 4.98 Å². The molecule has 0 atom stereocenters. The highest BCUT2D eigenvalue weighted by molar-refractivity contribution is 7.09. The lowest BCUT2D eigenvalue weighted by Crippen LogP contribution is -1.95. The SMILES string of the molecule is Cc1nc(-c2ccc(OCc3ccc(F)cc3)cc2)cs1. The molecular formula is C17H14FNOS. The third-order valence-electron chi connectivity index (χ3n) is 3.09. The fraction of sp³-hybridized carbons (Fsp3) is 0.118. The normalized spacial score (nSPS) is 10.6. The van der Waals surface area contributed by atoms with Crippen LogP contribution in [0.4, 0.5) is 4.39 Å². The summed E-state index contributed by atoms with van der Waals surface area (Å²) in [5.74, 6) is 0.552. The number of aryl methyl sites for hydroxylation is 1. The predicted molar refractivity (Wildman–Crippen MR) is 83.0 cm³/mol. The molecule has 2 aromatic carbocycles. The molecule has 3 rings (SSSR count). The van der Waals surface area contributed by atoms with E-state index in [9.17, 15) is 4.39 Å². The molecule has 0 saturated heterocycles. The number of aromatic nitrogens is 1. The van der Waals surface area contributed by atoms with Gasteiger partial charge in [-0.2, -0.15) is 0 Å². The third kappa shape index (κ3) is 3.47. The summed E-state index contributed by atoms with van der Waals surface area (Å²) in [4.78, 5) is 4.45. The summed E-state index contributed by atoms with van der Waals surface area (Å²) in [5, 5.41) is 3.10. The summed E-state index contributed by atoms with van der Waals surface area (Å²) in [6, 6.07) is 14.2. The van der Waals surface area contributed by atoms with E-state index < -0.39 is 0 Å². The van der Waals surface area contributed by atoms with Gasteiger partial charge in [0.1, 0.15) is 18.2 Å². The van der Waals surface area contributed by atoms with E-state index in [1.165, 1.54) is 12.1 Å².